The number of likely N-dealkylation sites (tertiary alicyclic amines) is 2. The normalized spacial score (nSPS) is 18.5. The Morgan fingerprint density at radius 3 is 1.49 bits per heavy atom. The van der Waals surface area contributed by atoms with Gasteiger partial charge in [-0.15, -0.1) is 0 Å². The van der Waals surface area contributed by atoms with E-state index in [1.54, 1.807) is 4.90 Å². The third-order valence-corrected chi connectivity index (χ3v) is 11.4. The van der Waals surface area contributed by atoms with Gasteiger partial charge in [-0.05, 0) is 96.9 Å². The molecule has 4 atom stereocenters. The number of ether oxygens (including phenoxy) is 1. The molecule has 2 aliphatic rings. The van der Waals surface area contributed by atoms with Crippen molar-refractivity contribution < 1.29 is 29.0 Å². The average molecular weight is 777 g/mol. The first-order valence-corrected chi connectivity index (χ1v) is 20.0. The molecule has 0 bridgehead atoms. The van der Waals surface area contributed by atoms with Crippen LogP contribution in [0.5, 0.6) is 0 Å². The Labute approximate surface area is 331 Å². The highest BCUT2D eigenvalue weighted by atomic mass is 16.5. The van der Waals surface area contributed by atoms with Crippen LogP contribution in [0.3, 0.4) is 0 Å². The predicted molar refractivity (Wildman–Crippen MR) is 217 cm³/mol. The number of piperidine rings is 2. The number of hydrogen-bond acceptors (Lipinski definition) is 7. The molecule has 0 radical (unpaired) electrons. The second-order valence-electron chi connectivity index (χ2n) is 15.9. The smallest absolute Gasteiger partial charge is 0.407 e. The Morgan fingerprint density at radius 2 is 1.09 bits per heavy atom. The quantitative estimate of drug-likeness (QED) is 0.0962. The van der Waals surface area contributed by atoms with Crippen molar-refractivity contribution in [2.45, 2.75) is 90.4 Å². The van der Waals surface area contributed by atoms with Gasteiger partial charge in [0.15, 0.2) is 0 Å². The monoisotopic (exact) mass is 776 g/mol. The summed E-state index contributed by atoms with van der Waals surface area (Å²) in [6.45, 7) is 8.64. The largest absolute Gasteiger partial charge is 0.465 e. The number of carboxylic acid groups (broad SMARTS) is 1. The molecule has 7 rings (SSSR count). The number of fused-ring (bicyclic) bond motifs is 2. The fourth-order valence-electron chi connectivity index (χ4n) is 8.25. The molecule has 2 aliphatic heterocycles. The molecule has 2 saturated heterocycles. The Bertz CT molecular complexity index is 2260. The molecule has 57 heavy (non-hydrogen) atoms. The summed E-state index contributed by atoms with van der Waals surface area (Å²) in [7, 11) is 1.29. The highest BCUT2D eigenvalue weighted by molar-refractivity contribution is 5.88. The molecule has 2 aromatic heterocycles. The highest BCUT2D eigenvalue weighted by Gasteiger charge is 2.37. The van der Waals surface area contributed by atoms with Gasteiger partial charge in [0.25, 0.3) is 0 Å². The van der Waals surface area contributed by atoms with Gasteiger partial charge in [-0.3, -0.25) is 9.59 Å². The summed E-state index contributed by atoms with van der Waals surface area (Å²) in [5.41, 5.74) is 7.51. The first kappa shape index (κ1) is 39.3. The van der Waals surface area contributed by atoms with Crippen molar-refractivity contribution in [3.05, 3.63) is 72.3 Å². The lowest BCUT2D eigenvalue weighted by molar-refractivity contribution is -0.139. The van der Waals surface area contributed by atoms with Crippen molar-refractivity contribution in [3.8, 4) is 22.3 Å². The molecule has 14 heteroatoms. The van der Waals surface area contributed by atoms with Crippen LogP contribution >= 0.6 is 0 Å². The van der Waals surface area contributed by atoms with Crippen molar-refractivity contribution in [2.24, 2.45) is 11.8 Å². The number of nitrogens with one attached hydrogen (secondary N) is 4. The van der Waals surface area contributed by atoms with Crippen LogP contribution in [0.25, 0.3) is 44.3 Å². The summed E-state index contributed by atoms with van der Waals surface area (Å²) < 4.78 is 4.79. The van der Waals surface area contributed by atoms with E-state index in [2.05, 4.69) is 63.1 Å². The van der Waals surface area contributed by atoms with Crippen molar-refractivity contribution >= 4 is 46.1 Å². The fraction of sp³-hybridized carbons (Fsp3) is 0.442. The van der Waals surface area contributed by atoms with E-state index in [1.165, 1.54) is 7.11 Å². The Kier molecular flexibility index (Phi) is 11.5. The SMILES string of the molecule is COC(=O)N[C@H](C(=O)N1CCCC[C@H]1c1nc2ccc(-c3ccc(-c4ccc5nc([C@@H]6CCCCN6C(=O)[C@@H](NC(=O)O)C(C)C)[nH]c5c4)cc3)cc2[nH]1)C(C)C. The number of carbonyl (C=O) groups excluding carboxylic acids is 3. The minimum atomic E-state index is -1.21. The number of benzene rings is 3. The maximum atomic E-state index is 13.8. The van der Waals surface area contributed by atoms with E-state index in [4.69, 9.17) is 14.7 Å². The van der Waals surface area contributed by atoms with E-state index in [-0.39, 0.29) is 35.7 Å². The van der Waals surface area contributed by atoms with Gasteiger partial charge >= 0.3 is 12.2 Å². The number of alkyl carbamates (subject to hydrolysis) is 1. The molecule has 4 heterocycles. The maximum Gasteiger partial charge on any atom is 0.407 e. The molecule has 3 aromatic carbocycles. The zero-order valence-corrected chi connectivity index (χ0v) is 33.2. The van der Waals surface area contributed by atoms with Crippen molar-refractivity contribution in [2.75, 3.05) is 20.2 Å². The fourth-order valence-corrected chi connectivity index (χ4v) is 8.25. The van der Waals surface area contributed by atoms with Crippen molar-refractivity contribution in [1.29, 1.82) is 0 Å². The maximum absolute atomic E-state index is 13.8. The van der Waals surface area contributed by atoms with Crippen LogP contribution in [0, 0.1) is 11.8 Å². The molecule has 4 amide bonds. The summed E-state index contributed by atoms with van der Waals surface area (Å²) in [6, 6.07) is 18.6. The predicted octanol–water partition coefficient (Wildman–Crippen LogP) is 7.55. The lowest BCUT2D eigenvalue weighted by atomic mass is 9.97. The van der Waals surface area contributed by atoms with E-state index in [9.17, 15) is 24.3 Å². The van der Waals surface area contributed by atoms with Gasteiger partial charge in [-0.25, -0.2) is 19.6 Å². The molecular formula is C43H52N8O6. The second kappa shape index (κ2) is 16.7. The first-order chi connectivity index (χ1) is 27.4. The number of nitrogens with zero attached hydrogens (tertiary/aromatic N) is 4. The van der Waals surface area contributed by atoms with E-state index >= 15 is 0 Å². The average Bonchev–Trinajstić information content (AvgIpc) is 3.85. The van der Waals surface area contributed by atoms with E-state index in [0.717, 1.165) is 88.7 Å². The summed E-state index contributed by atoms with van der Waals surface area (Å²) in [5, 5.41) is 14.5. The molecule has 14 nitrogen and oxygen atoms in total. The van der Waals surface area contributed by atoms with Crippen LogP contribution in [0.4, 0.5) is 9.59 Å². The van der Waals surface area contributed by atoms with Crippen LogP contribution in [0.1, 0.15) is 90.0 Å². The minimum absolute atomic E-state index is 0.115. The number of aromatic nitrogens is 4. The summed E-state index contributed by atoms with van der Waals surface area (Å²) in [5.74, 6) is 0.778. The van der Waals surface area contributed by atoms with Crippen LogP contribution in [-0.2, 0) is 14.3 Å². The summed E-state index contributed by atoms with van der Waals surface area (Å²) >= 11 is 0. The topological polar surface area (TPSA) is 186 Å². The van der Waals surface area contributed by atoms with Crippen molar-refractivity contribution in [1.82, 2.24) is 40.4 Å². The number of methoxy groups -OCH3 is 1. The zero-order chi connectivity index (χ0) is 40.4. The summed E-state index contributed by atoms with van der Waals surface area (Å²) in [4.78, 5) is 71.3. The van der Waals surface area contributed by atoms with Gasteiger partial charge in [0.2, 0.25) is 11.8 Å². The third-order valence-electron chi connectivity index (χ3n) is 11.4. The number of imidazole rings is 2. The number of carbonyl (C=O) groups is 4. The molecule has 5 aromatic rings. The van der Waals surface area contributed by atoms with Crippen LogP contribution < -0.4 is 10.6 Å². The van der Waals surface area contributed by atoms with Gasteiger partial charge in [-0.1, -0.05) is 64.1 Å². The number of rotatable bonds is 10. The van der Waals surface area contributed by atoms with Gasteiger partial charge in [0, 0.05) is 13.1 Å². The van der Waals surface area contributed by atoms with E-state index < -0.39 is 24.3 Å². The Morgan fingerprint density at radius 1 is 0.667 bits per heavy atom. The molecule has 0 unspecified atom stereocenters. The zero-order valence-electron chi connectivity index (χ0n) is 33.2. The van der Waals surface area contributed by atoms with Crippen LogP contribution in [0.2, 0.25) is 0 Å². The number of hydrogen-bond donors (Lipinski definition) is 5. The number of aromatic amines is 2. The molecule has 5 N–H and O–H groups in total. The Balaban J connectivity index is 1.08. The molecule has 300 valence electrons. The standard InChI is InChI=1S/C43H52N8O6/c1-24(2)36(48-42(54)55)40(52)50-20-8-6-10-34(50)38-44-30-18-16-28(22-32(30)46-38)26-12-14-27(15-13-26)29-17-19-31-33(23-29)47-39(45-31)35-11-7-9-21-51(35)41(53)37(25(3)4)49-43(56)57-5/h12-19,22-25,34-37,48H,6-11,20-21H2,1-5H3,(H,44,46)(H,45,47)(H,49,56)(H,54,55)/t34-,35-,36-,37-/m0/s1. The number of H-pyrrole nitrogens is 2. The second-order valence-corrected chi connectivity index (χ2v) is 15.9. The molecule has 0 aliphatic carbocycles. The van der Waals surface area contributed by atoms with Gasteiger partial charge in [-0.2, -0.15) is 0 Å². The van der Waals surface area contributed by atoms with E-state index in [0.29, 0.717) is 18.9 Å². The minimum Gasteiger partial charge on any atom is -0.465 e. The molecule has 2 fully saturated rings. The summed E-state index contributed by atoms with van der Waals surface area (Å²) in [6.07, 6.45) is 3.36. The Hall–Kier alpha value is -5.92. The lowest BCUT2D eigenvalue weighted by Gasteiger charge is -2.37. The highest BCUT2D eigenvalue weighted by Crippen LogP contribution is 2.35. The lowest BCUT2D eigenvalue weighted by Crippen LogP contribution is -2.53. The van der Waals surface area contributed by atoms with Gasteiger partial charge < -0.3 is 40.2 Å². The molecular weight excluding hydrogens is 725 g/mol. The van der Waals surface area contributed by atoms with Gasteiger partial charge in [0.05, 0.1) is 41.3 Å². The van der Waals surface area contributed by atoms with E-state index in [1.807, 2.05) is 50.8 Å². The molecule has 0 saturated carbocycles. The number of amides is 4. The van der Waals surface area contributed by atoms with Crippen LogP contribution in [0.15, 0.2) is 60.7 Å². The van der Waals surface area contributed by atoms with Crippen molar-refractivity contribution in [3.63, 3.8) is 0 Å². The molecule has 0 spiro atoms. The third kappa shape index (κ3) is 8.30. The van der Waals surface area contributed by atoms with Gasteiger partial charge in [0.1, 0.15) is 23.7 Å². The first-order valence-electron chi connectivity index (χ1n) is 20.0. The van der Waals surface area contributed by atoms with Crippen LogP contribution in [-0.4, -0.2) is 91.1 Å².